The van der Waals surface area contributed by atoms with Crippen LogP contribution in [0.5, 0.6) is 0 Å². The first-order valence-electron chi connectivity index (χ1n) is 24.3. The average Bonchev–Trinajstić information content (AvgIpc) is 3.39. The van der Waals surface area contributed by atoms with Crippen LogP contribution in [-0.4, -0.2) is 123 Å². The molecule has 4 N–H and O–H groups in total. The van der Waals surface area contributed by atoms with Crippen LogP contribution in [0.25, 0.3) is 12.2 Å². The number of rotatable bonds is 17. The predicted molar refractivity (Wildman–Crippen MR) is 285 cm³/mol. The van der Waals surface area contributed by atoms with Gasteiger partial charge in [0.2, 0.25) is 17.7 Å². The van der Waals surface area contributed by atoms with Crippen LogP contribution in [0, 0.1) is 0 Å². The van der Waals surface area contributed by atoms with Gasteiger partial charge in [-0.25, -0.2) is 9.97 Å². The van der Waals surface area contributed by atoms with Crippen LogP contribution in [0.15, 0.2) is 115 Å². The molecule has 4 amide bonds. The molecule has 5 aromatic rings. The van der Waals surface area contributed by atoms with Crippen molar-refractivity contribution >= 4 is 93.8 Å². The molecule has 18 heteroatoms. The number of nitrogens with one attached hydrogen (secondary N) is 3. The minimum absolute atomic E-state index is 0.000694. The summed E-state index contributed by atoms with van der Waals surface area (Å²) in [4.78, 5) is 82.7. The van der Waals surface area contributed by atoms with Gasteiger partial charge >= 0.3 is 0 Å². The maximum Gasteiger partial charge on any atom is 0.270 e. The van der Waals surface area contributed by atoms with Crippen molar-refractivity contribution in [2.45, 2.75) is 69.7 Å². The first-order valence-corrected chi connectivity index (χ1v) is 25.9. The number of hydrogen-bond acceptors (Lipinski definition) is 10. The van der Waals surface area contributed by atoms with Gasteiger partial charge in [-0.3, -0.25) is 28.9 Å². The number of aliphatic hydroxyl groups is 1. The van der Waals surface area contributed by atoms with Gasteiger partial charge in [-0.1, -0.05) is 113 Å². The smallest absolute Gasteiger partial charge is 0.270 e. The molecular weight excluding hydrogens is 1010 g/mol. The second kappa shape index (κ2) is 25.2. The lowest BCUT2D eigenvalue weighted by Crippen LogP contribution is -2.52. The van der Waals surface area contributed by atoms with Gasteiger partial charge in [-0.2, -0.15) is 0 Å². The van der Waals surface area contributed by atoms with Crippen LogP contribution in [0.2, 0.25) is 20.1 Å². The molecule has 380 valence electrons. The Balaban J connectivity index is 0.825. The summed E-state index contributed by atoms with van der Waals surface area (Å²) in [6, 6.07) is 28.3. The lowest BCUT2D eigenvalue weighted by Gasteiger charge is -2.33. The van der Waals surface area contributed by atoms with Gasteiger partial charge in [-0.05, 0) is 89.9 Å². The number of ketones is 1. The first-order chi connectivity index (χ1) is 35.2. The van der Waals surface area contributed by atoms with Crippen molar-refractivity contribution in [3.8, 4) is 0 Å². The van der Waals surface area contributed by atoms with E-state index < -0.39 is 18.1 Å². The van der Waals surface area contributed by atoms with Crippen LogP contribution in [0.3, 0.4) is 0 Å². The van der Waals surface area contributed by atoms with E-state index in [1.807, 2.05) is 42.5 Å². The predicted octanol–water partition coefficient (Wildman–Crippen LogP) is 8.12. The molecule has 0 saturated carbocycles. The molecule has 0 spiro atoms. The average molecular weight is 1070 g/mol. The van der Waals surface area contributed by atoms with Gasteiger partial charge < -0.3 is 30.9 Å². The molecule has 4 heterocycles. The molecule has 3 aliphatic heterocycles. The summed E-state index contributed by atoms with van der Waals surface area (Å²) < 4.78 is 0. The second-order valence-corrected chi connectivity index (χ2v) is 20.2. The number of carbonyl (C=O) groups excluding carboxylic acids is 5. The zero-order valence-electron chi connectivity index (χ0n) is 40.0. The lowest BCUT2D eigenvalue weighted by atomic mass is 9.93. The van der Waals surface area contributed by atoms with Crippen molar-refractivity contribution in [3.63, 3.8) is 0 Å². The van der Waals surface area contributed by atoms with Crippen LogP contribution >= 0.6 is 46.4 Å². The van der Waals surface area contributed by atoms with Crippen molar-refractivity contribution in [2.75, 3.05) is 51.1 Å². The first kappa shape index (κ1) is 53.2. The Morgan fingerprint density at radius 2 is 1.37 bits per heavy atom. The van der Waals surface area contributed by atoms with E-state index in [0.717, 1.165) is 25.1 Å². The number of aliphatic hydroxyl groups excluding tert-OH is 1. The number of carbonyl (C=O) groups is 5. The Morgan fingerprint density at radius 3 is 2.03 bits per heavy atom. The Bertz CT molecular complexity index is 2820. The maximum absolute atomic E-state index is 14.6. The number of benzene rings is 4. The molecule has 14 nitrogen and oxygen atoms in total. The van der Waals surface area contributed by atoms with E-state index in [1.54, 1.807) is 64.4 Å². The van der Waals surface area contributed by atoms with E-state index in [2.05, 4.69) is 43.0 Å². The van der Waals surface area contributed by atoms with Crippen molar-refractivity contribution in [1.82, 2.24) is 35.3 Å². The zero-order chi connectivity index (χ0) is 51.4. The number of fused-ring (bicyclic) bond motifs is 1. The number of aromatic nitrogens is 2. The highest BCUT2D eigenvalue weighted by molar-refractivity contribution is 6.42. The molecule has 73 heavy (non-hydrogen) atoms. The minimum atomic E-state index is -0.981. The Labute approximate surface area is 444 Å². The molecule has 0 bridgehead atoms. The molecule has 2 saturated heterocycles. The standard InChI is InChI=1S/C55H56Cl4N8O6/c56-44-15-13-36(25-46(44)58)23-40-31-67(32-41(53(40)71)24-37-14-16-45(57)47(59)26-37)55(73)49(27-35-7-2-1-3-8-35)64-51(69)11-6-12-52(70)66-21-18-42(19-22-66)63-50-28-48(61-34-62-50)54(72)60-29-43(68)33-65-20-17-38-9-4-5-10-39(38)30-65/h1-5,7-10,13-16,23-26,28,34,42-43,49,68H,6,11-12,17-22,27,29-33H2,(H,60,72)(H,64,69)(H,61,62,63). The third kappa shape index (κ3) is 14.8. The second-order valence-electron chi connectivity index (χ2n) is 18.6. The molecule has 2 unspecified atom stereocenters. The van der Waals surface area contributed by atoms with Crippen molar-refractivity contribution in [1.29, 1.82) is 0 Å². The third-order valence-electron chi connectivity index (χ3n) is 13.2. The topological polar surface area (TPSA) is 177 Å². The number of β-amino-alcohol motifs (C(OH)–C–C–N with tert-alkyl or cyclic N) is 1. The zero-order valence-corrected chi connectivity index (χ0v) is 43.1. The van der Waals surface area contributed by atoms with E-state index in [9.17, 15) is 29.1 Å². The van der Waals surface area contributed by atoms with E-state index in [0.29, 0.717) is 80.7 Å². The van der Waals surface area contributed by atoms with Crippen LogP contribution < -0.4 is 16.0 Å². The van der Waals surface area contributed by atoms with E-state index in [-0.39, 0.29) is 80.6 Å². The number of nitrogens with zero attached hydrogens (tertiary/aromatic N) is 5. The fourth-order valence-electron chi connectivity index (χ4n) is 9.31. The summed E-state index contributed by atoms with van der Waals surface area (Å²) in [5.74, 6) is -1.02. The molecule has 1 aromatic heterocycles. The number of amides is 4. The van der Waals surface area contributed by atoms with Gasteiger partial charge in [0.1, 0.15) is 23.9 Å². The highest BCUT2D eigenvalue weighted by Crippen LogP contribution is 2.29. The molecule has 2 fully saturated rings. The summed E-state index contributed by atoms with van der Waals surface area (Å²) in [6.45, 7) is 3.07. The van der Waals surface area contributed by atoms with Gasteiger partial charge in [0.05, 0.1) is 26.2 Å². The van der Waals surface area contributed by atoms with Gasteiger partial charge in [0, 0.05) is 94.9 Å². The molecule has 2 atom stereocenters. The number of anilines is 1. The number of halogens is 4. The Kier molecular flexibility index (Phi) is 18.4. The highest BCUT2D eigenvalue weighted by Gasteiger charge is 2.34. The Morgan fingerprint density at radius 1 is 0.726 bits per heavy atom. The number of hydrogen-bond donors (Lipinski definition) is 4. The molecular formula is C55H56Cl4N8O6. The summed E-state index contributed by atoms with van der Waals surface area (Å²) in [6.07, 6.45) is 6.78. The lowest BCUT2D eigenvalue weighted by molar-refractivity contribution is -0.137. The van der Waals surface area contributed by atoms with Crippen molar-refractivity contribution in [2.24, 2.45) is 0 Å². The van der Waals surface area contributed by atoms with E-state index >= 15 is 0 Å². The van der Waals surface area contributed by atoms with Crippen LogP contribution in [-0.2, 0) is 38.6 Å². The van der Waals surface area contributed by atoms with Crippen LogP contribution in [0.1, 0.15) is 70.4 Å². The summed E-state index contributed by atoms with van der Waals surface area (Å²) in [7, 11) is 0. The molecule has 4 aromatic carbocycles. The largest absolute Gasteiger partial charge is 0.390 e. The normalized spacial score (nSPS) is 17.2. The Hall–Kier alpha value is -6.13. The molecule has 0 radical (unpaired) electrons. The maximum atomic E-state index is 14.6. The van der Waals surface area contributed by atoms with Crippen molar-refractivity contribution in [3.05, 3.63) is 168 Å². The molecule has 0 aliphatic carbocycles. The van der Waals surface area contributed by atoms with Gasteiger partial charge in [0.15, 0.2) is 5.78 Å². The summed E-state index contributed by atoms with van der Waals surface area (Å²) in [5, 5.41) is 21.2. The number of likely N-dealkylation sites (tertiary alicyclic amines) is 2. The monoisotopic (exact) mass is 1060 g/mol. The fourth-order valence-corrected chi connectivity index (χ4v) is 9.93. The van der Waals surface area contributed by atoms with Crippen molar-refractivity contribution < 1.29 is 29.1 Å². The SMILES string of the molecule is O=C(CCCC(=O)N1CCC(Nc2cc(C(=O)NCC(O)CN3CCc4ccccc4C3)ncn2)CC1)NC(Cc1ccccc1)C(=O)N1CC(=Cc2ccc(Cl)c(Cl)c2)C(=O)C(=Cc2ccc(Cl)c(Cl)c2)C1. The number of piperidine rings is 2. The molecule has 8 rings (SSSR count). The van der Waals surface area contributed by atoms with Crippen LogP contribution in [0.4, 0.5) is 5.82 Å². The number of Topliss-reactive ketones (excluding diaryl/α,β-unsaturated/α-hetero) is 1. The fraction of sp³-hybridized carbons (Fsp3) is 0.327. The highest BCUT2D eigenvalue weighted by atomic mass is 35.5. The minimum Gasteiger partial charge on any atom is -0.390 e. The van der Waals surface area contributed by atoms with Gasteiger partial charge in [-0.15, -0.1) is 0 Å². The quantitative estimate of drug-likeness (QED) is 0.0666. The van der Waals surface area contributed by atoms with E-state index in [4.69, 9.17) is 46.4 Å². The van der Waals surface area contributed by atoms with Gasteiger partial charge in [0.25, 0.3) is 5.91 Å². The summed E-state index contributed by atoms with van der Waals surface area (Å²) >= 11 is 25.0. The third-order valence-corrected chi connectivity index (χ3v) is 14.7. The molecule has 3 aliphatic rings. The van der Waals surface area contributed by atoms with E-state index in [1.165, 1.54) is 17.5 Å². The summed E-state index contributed by atoms with van der Waals surface area (Å²) in [5.41, 5.74) is 5.50.